The predicted molar refractivity (Wildman–Crippen MR) is 59.2 cm³/mol. The average Bonchev–Trinajstić information content (AvgIpc) is 2.63. The minimum atomic E-state index is 0.814. The van der Waals surface area contributed by atoms with E-state index in [0.717, 1.165) is 26.1 Å². The summed E-state index contributed by atoms with van der Waals surface area (Å²) in [4.78, 5) is 0. The average molecular weight is 188 g/mol. The van der Waals surface area contributed by atoms with Gasteiger partial charge in [0.25, 0.3) is 0 Å². The Balaban J connectivity index is 2.02. The normalized spacial score (nSPS) is 13.9. The van der Waals surface area contributed by atoms with Crippen LogP contribution in [0.15, 0.2) is 30.3 Å². The largest absolute Gasteiger partial charge is 0.381 e. The summed E-state index contributed by atoms with van der Waals surface area (Å²) < 4.78 is 5.37. The van der Waals surface area contributed by atoms with Crippen molar-refractivity contribution in [2.75, 3.05) is 13.2 Å². The Morgan fingerprint density at radius 3 is 3.00 bits per heavy atom. The maximum absolute atomic E-state index is 5.37. The molecule has 0 saturated heterocycles. The maximum Gasteiger partial charge on any atom is 0.0506 e. The summed E-state index contributed by atoms with van der Waals surface area (Å²) >= 11 is 0. The zero-order valence-electron chi connectivity index (χ0n) is 8.62. The molecule has 0 atom stereocenters. The lowest BCUT2D eigenvalue weighted by Crippen LogP contribution is -1.94. The molecular formula is C13H16O. The van der Waals surface area contributed by atoms with Crippen LogP contribution in [0.25, 0.3) is 5.57 Å². The molecule has 1 aromatic rings. The van der Waals surface area contributed by atoms with Gasteiger partial charge in [-0.05, 0) is 36.5 Å². The van der Waals surface area contributed by atoms with Gasteiger partial charge in [0.1, 0.15) is 0 Å². The van der Waals surface area contributed by atoms with Crippen molar-refractivity contribution >= 4 is 5.57 Å². The van der Waals surface area contributed by atoms with Crippen LogP contribution in [-0.4, -0.2) is 13.2 Å². The highest BCUT2D eigenvalue weighted by Crippen LogP contribution is 2.29. The molecule has 0 aromatic heterocycles. The van der Waals surface area contributed by atoms with Gasteiger partial charge in [-0.3, -0.25) is 0 Å². The Bertz CT molecular complexity index is 339. The Labute approximate surface area is 85.4 Å². The van der Waals surface area contributed by atoms with E-state index in [4.69, 9.17) is 4.74 Å². The van der Waals surface area contributed by atoms with Crippen LogP contribution in [0.4, 0.5) is 0 Å². The molecule has 1 nitrogen and oxygen atoms in total. The molecule has 0 saturated carbocycles. The summed E-state index contributed by atoms with van der Waals surface area (Å²) in [6, 6.07) is 8.64. The van der Waals surface area contributed by atoms with Gasteiger partial charge in [0.2, 0.25) is 0 Å². The predicted octanol–water partition coefficient (Wildman–Crippen LogP) is 3.05. The number of hydrogen-bond donors (Lipinski definition) is 0. The summed E-state index contributed by atoms with van der Waals surface area (Å²) in [6.07, 6.45) is 4.46. The van der Waals surface area contributed by atoms with Gasteiger partial charge in [0.05, 0.1) is 6.61 Å². The first kappa shape index (κ1) is 9.47. The summed E-state index contributed by atoms with van der Waals surface area (Å²) in [5.74, 6) is 0. The van der Waals surface area contributed by atoms with E-state index in [2.05, 4.69) is 30.3 Å². The zero-order chi connectivity index (χ0) is 9.80. The van der Waals surface area contributed by atoms with E-state index in [0.29, 0.717) is 0 Å². The van der Waals surface area contributed by atoms with Crippen molar-refractivity contribution in [1.82, 2.24) is 0 Å². The van der Waals surface area contributed by atoms with Gasteiger partial charge in [-0.1, -0.05) is 30.3 Å². The van der Waals surface area contributed by atoms with Crippen LogP contribution in [0.3, 0.4) is 0 Å². The standard InChI is InChI=1S/C13H16O/c1-2-14-10-9-12-8-7-11-5-3-4-6-13(11)12/h3-6,8H,2,7,9-10H2,1H3. The Hall–Kier alpha value is -1.08. The van der Waals surface area contributed by atoms with Crippen molar-refractivity contribution in [2.24, 2.45) is 0 Å². The van der Waals surface area contributed by atoms with Crippen LogP contribution in [0, 0.1) is 0 Å². The fraction of sp³-hybridized carbons (Fsp3) is 0.385. The van der Waals surface area contributed by atoms with Gasteiger partial charge < -0.3 is 4.74 Å². The number of ether oxygens (including phenoxy) is 1. The van der Waals surface area contributed by atoms with Crippen LogP contribution in [-0.2, 0) is 11.2 Å². The third-order valence-corrected chi connectivity index (χ3v) is 2.65. The van der Waals surface area contributed by atoms with Crippen LogP contribution in [0.2, 0.25) is 0 Å². The van der Waals surface area contributed by atoms with Crippen molar-refractivity contribution < 1.29 is 4.74 Å². The third-order valence-electron chi connectivity index (χ3n) is 2.65. The minimum absolute atomic E-state index is 0.814. The van der Waals surface area contributed by atoms with Crippen molar-refractivity contribution in [2.45, 2.75) is 19.8 Å². The molecule has 0 amide bonds. The second-order valence-electron chi connectivity index (χ2n) is 3.54. The van der Waals surface area contributed by atoms with Gasteiger partial charge >= 0.3 is 0 Å². The van der Waals surface area contributed by atoms with E-state index in [1.165, 1.54) is 16.7 Å². The van der Waals surface area contributed by atoms with E-state index in [1.807, 2.05) is 6.92 Å². The fourth-order valence-corrected chi connectivity index (χ4v) is 1.92. The van der Waals surface area contributed by atoms with E-state index in [9.17, 15) is 0 Å². The number of rotatable bonds is 4. The van der Waals surface area contributed by atoms with Crippen molar-refractivity contribution in [3.8, 4) is 0 Å². The molecular weight excluding hydrogens is 172 g/mol. The molecule has 2 rings (SSSR count). The molecule has 14 heavy (non-hydrogen) atoms. The second-order valence-corrected chi connectivity index (χ2v) is 3.54. The topological polar surface area (TPSA) is 9.23 Å². The van der Waals surface area contributed by atoms with Crippen molar-refractivity contribution in [3.05, 3.63) is 41.5 Å². The van der Waals surface area contributed by atoms with E-state index < -0.39 is 0 Å². The number of benzene rings is 1. The second kappa shape index (κ2) is 4.43. The summed E-state index contributed by atoms with van der Waals surface area (Å²) in [5, 5.41) is 0. The molecule has 0 N–H and O–H groups in total. The summed E-state index contributed by atoms with van der Waals surface area (Å²) in [5.41, 5.74) is 4.33. The third kappa shape index (κ3) is 1.88. The van der Waals surface area contributed by atoms with Gasteiger partial charge in [-0.25, -0.2) is 0 Å². The molecule has 0 unspecified atom stereocenters. The van der Waals surface area contributed by atoms with Gasteiger partial charge in [-0.2, -0.15) is 0 Å². The molecule has 1 aliphatic rings. The van der Waals surface area contributed by atoms with Crippen LogP contribution in [0.5, 0.6) is 0 Å². The molecule has 0 aliphatic heterocycles. The van der Waals surface area contributed by atoms with Gasteiger partial charge in [-0.15, -0.1) is 0 Å². The molecule has 1 aromatic carbocycles. The molecule has 1 aliphatic carbocycles. The lowest BCUT2D eigenvalue weighted by Gasteiger charge is -2.05. The molecule has 74 valence electrons. The van der Waals surface area contributed by atoms with Gasteiger partial charge in [0.15, 0.2) is 0 Å². The Kier molecular flexibility index (Phi) is 3.00. The molecule has 0 bridgehead atoms. The lowest BCUT2D eigenvalue weighted by molar-refractivity contribution is 0.154. The Morgan fingerprint density at radius 1 is 1.29 bits per heavy atom. The highest BCUT2D eigenvalue weighted by atomic mass is 16.5. The molecule has 0 heterocycles. The SMILES string of the molecule is CCOCCC1=CCc2ccccc21. The maximum atomic E-state index is 5.37. The molecule has 0 radical (unpaired) electrons. The number of fused-ring (bicyclic) bond motifs is 1. The quantitative estimate of drug-likeness (QED) is 0.660. The Morgan fingerprint density at radius 2 is 2.14 bits per heavy atom. The lowest BCUT2D eigenvalue weighted by atomic mass is 10.0. The highest BCUT2D eigenvalue weighted by molar-refractivity contribution is 5.72. The van der Waals surface area contributed by atoms with Crippen LogP contribution >= 0.6 is 0 Å². The van der Waals surface area contributed by atoms with Crippen molar-refractivity contribution in [1.29, 1.82) is 0 Å². The molecule has 0 fully saturated rings. The van der Waals surface area contributed by atoms with Crippen molar-refractivity contribution in [3.63, 3.8) is 0 Å². The zero-order valence-corrected chi connectivity index (χ0v) is 8.62. The van der Waals surface area contributed by atoms with Crippen LogP contribution in [0.1, 0.15) is 24.5 Å². The molecule has 1 heteroatoms. The highest BCUT2D eigenvalue weighted by Gasteiger charge is 2.11. The first-order valence-corrected chi connectivity index (χ1v) is 5.27. The first-order chi connectivity index (χ1) is 6.92. The van der Waals surface area contributed by atoms with Crippen LogP contribution < -0.4 is 0 Å². The van der Waals surface area contributed by atoms with Gasteiger partial charge in [0, 0.05) is 6.61 Å². The monoisotopic (exact) mass is 188 g/mol. The summed E-state index contributed by atoms with van der Waals surface area (Å²) in [7, 11) is 0. The molecule has 0 spiro atoms. The van der Waals surface area contributed by atoms with E-state index >= 15 is 0 Å². The fourth-order valence-electron chi connectivity index (χ4n) is 1.92. The van der Waals surface area contributed by atoms with E-state index in [1.54, 1.807) is 0 Å². The smallest absolute Gasteiger partial charge is 0.0506 e. The number of allylic oxidation sites excluding steroid dienone is 1. The number of hydrogen-bond acceptors (Lipinski definition) is 1. The summed E-state index contributed by atoms with van der Waals surface area (Å²) in [6.45, 7) is 3.70. The first-order valence-electron chi connectivity index (χ1n) is 5.27. The minimum Gasteiger partial charge on any atom is -0.381 e. The van der Waals surface area contributed by atoms with E-state index in [-0.39, 0.29) is 0 Å².